The second kappa shape index (κ2) is 7.04. The molecule has 7 heteroatoms. The molecule has 0 unspecified atom stereocenters. The normalized spacial score (nSPS) is 10.1. The monoisotopic (exact) mass is 344 g/mol. The SMILES string of the molecule is CC(=O)Oc1ccc(Br)cc1C(OC(C)=O)OC(C)=O. The van der Waals surface area contributed by atoms with Crippen molar-refractivity contribution in [3.8, 4) is 5.75 Å². The van der Waals surface area contributed by atoms with Gasteiger partial charge in [0.25, 0.3) is 6.29 Å². The van der Waals surface area contributed by atoms with E-state index >= 15 is 0 Å². The van der Waals surface area contributed by atoms with Gasteiger partial charge in [-0.3, -0.25) is 14.4 Å². The second-order valence-electron chi connectivity index (χ2n) is 3.83. The molecular formula is C13H13BrO6. The van der Waals surface area contributed by atoms with Crippen molar-refractivity contribution < 1.29 is 28.6 Å². The Hall–Kier alpha value is -1.89. The van der Waals surface area contributed by atoms with Gasteiger partial charge in [0.2, 0.25) is 0 Å². The molecule has 0 aliphatic carbocycles. The van der Waals surface area contributed by atoms with E-state index in [2.05, 4.69) is 15.9 Å². The summed E-state index contributed by atoms with van der Waals surface area (Å²) in [7, 11) is 0. The maximum atomic E-state index is 11.1. The van der Waals surface area contributed by atoms with Crippen LogP contribution in [0.25, 0.3) is 0 Å². The third kappa shape index (κ3) is 5.00. The van der Waals surface area contributed by atoms with Gasteiger partial charge in [-0.1, -0.05) is 15.9 Å². The van der Waals surface area contributed by atoms with Gasteiger partial charge < -0.3 is 14.2 Å². The van der Waals surface area contributed by atoms with E-state index in [0.29, 0.717) is 4.47 Å². The molecule has 0 atom stereocenters. The fourth-order valence-corrected chi connectivity index (χ4v) is 1.78. The van der Waals surface area contributed by atoms with Crippen molar-refractivity contribution in [1.82, 2.24) is 0 Å². The quantitative estimate of drug-likeness (QED) is 0.474. The van der Waals surface area contributed by atoms with Crippen molar-refractivity contribution >= 4 is 33.8 Å². The molecule has 1 aromatic carbocycles. The molecule has 0 saturated carbocycles. The Balaban J connectivity index is 3.21. The average Bonchev–Trinajstić information content (AvgIpc) is 2.28. The number of ether oxygens (including phenoxy) is 3. The molecule has 0 radical (unpaired) electrons. The topological polar surface area (TPSA) is 78.9 Å². The first-order valence-corrected chi connectivity index (χ1v) is 6.41. The van der Waals surface area contributed by atoms with E-state index in [0.717, 1.165) is 0 Å². The molecule has 0 saturated heterocycles. The Morgan fingerprint density at radius 2 is 1.55 bits per heavy atom. The summed E-state index contributed by atoms with van der Waals surface area (Å²) < 4.78 is 15.5. The van der Waals surface area contributed by atoms with Gasteiger partial charge >= 0.3 is 17.9 Å². The van der Waals surface area contributed by atoms with Crippen LogP contribution in [0.5, 0.6) is 5.75 Å². The number of hydrogen-bond donors (Lipinski definition) is 0. The van der Waals surface area contributed by atoms with Crippen LogP contribution in [0.15, 0.2) is 22.7 Å². The van der Waals surface area contributed by atoms with E-state index in [1.165, 1.54) is 32.9 Å². The van der Waals surface area contributed by atoms with E-state index in [9.17, 15) is 14.4 Å². The van der Waals surface area contributed by atoms with Crippen LogP contribution in [0.4, 0.5) is 0 Å². The van der Waals surface area contributed by atoms with E-state index in [4.69, 9.17) is 14.2 Å². The molecule has 0 aliphatic heterocycles. The summed E-state index contributed by atoms with van der Waals surface area (Å²) in [5.74, 6) is -1.67. The Bertz CT molecular complexity index is 524. The van der Waals surface area contributed by atoms with Crippen LogP contribution in [0.3, 0.4) is 0 Å². The second-order valence-corrected chi connectivity index (χ2v) is 4.74. The van der Waals surface area contributed by atoms with Crippen molar-refractivity contribution in [2.45, 2.75) is 27.1 Å². The maximum absolute atomic E-state index is 11.1. The van der Waals surface area contributed by atoms with Crippen LogP contribution in [0.1, 0.15) is 32.6 Å². The van der Waals surface area contributed by atoms with Crippen LogP contribution in [-0.2, 0) is 23.9 Å². The predicted octanol–water partition coefficient (Wildman–Crippen LogP) is 2.50. The fourth-order valence-electron chi connectivity index (χ4n) is 1.40. The number of esters is 3. The molecule has 0 amide bonds. The average molecular weight is 345 g/mol. The summed E-state index contributed by atoms with van der Waals surface area (Å²) in [6.07, 6.45) is -1.28. The van der Waals surface area contributed by atoms with Gasteiger partial charge in [0.05, 0.1) is 5.56 Å². The number of carbonyl (C=O) groups is 3. The van der Waals surface area contributed by atoms with Gasteiger partial charge in [0.15, 0.2) is 0 Å². The highest BCUT2D eigenvalue weighted by Crippen LogP contribution is 2.32. The lowest BCUT2D eigenvalue weighted by atomic mass is 10.2. The molecule has 0 heterocycles. The molecule has 108 valence electrons. The summed E-state index contributed by atoms with van der Waals surface area (Å²) in [6, 6.07) is 4.68. The molecule has 0 aromatic heterocycles. The van der Waals surface area contributed by atoms with Crippen molar-refractivity contribution in [2.24, 2.45) is 0 Å². The van der Waals surface area contributed by atoms with Crippen molar-refractivity contribution in [3.05, 3.63) is 28.2 Å². The van der Waals surface area contributed by atoms with Crippen molar-refractivity contribution in [3.63, 3.8) is 0 Å². The molecule has 1 aromatic rings. The first-order valence-electron chi connectivity index (χ1n) is 5.62. The van der Waals surface area contributed by atoms with Gasteiger partial charge in [0, 0.05) is 25.2 Å². The molecule has 0 bridgehead atoms. The number of rotatable bonds is 4. The molecule has 0 fully saturated rings. The molecule has 1 rings (SSSR count). The minimum atomic E-state index is -1.28. The zero-order valence-corrected chi connectivity index (χ0v) is 12.7. The summed E-state index contributed by atoms with van der Waals surface area (Å²) in [5, 5.41) is 0. The zero-order valence-electron chi connectivity index (χ0n) is 11.1. The molecule has 6 nitrogen and oxygen atoms in total. The minimum absolute atomic E-state index is 0.146. The molecular weight excluding hydrogens is 332 g/mol. The van der Waals surface area contributed by atoms with Crippen LogP contribution >= 0.6 is 15.9 Å². The summed E-state index contributed by atoms with van der Waals surface area (Å²) in [5.41, 5.74) is 0.250. The smallest absolute Gasteiger partial charge is 0.308 e. The molecule has 0 aliphatic rings. The van der Waals surface area contributed by atoms with E-state index in [-0.39, 0.29) is 11.3 Å². The summed E-state index contributed by atoms with van der Waals surface area (Å²) >= 11 is 3.24. The van der Waals surface area contributed by atoms with Crippen LogP contribution in [0.2, 0.25) is 0 Å². The molecule has 0 spiro atoms. The number of halogens is 1. The molecule has 0 N–H and O–H groups in total. The Kier molecular flexibility index (Phi) is 5.69. The van der Waals surface area contributed by atoms with Gasteiger partial charge in [0.1, 0.15) is 5.75 Å². The van der Waals surface area contributed by atoms with E-state index < -0.39 is 24.2 Å². The highest BCUT2D eigenvalue weighted by Gasteiger charge is 2.23. The minimum Gasteiger partial charge on any atom is -0.426 e. The van der Waals surface area contributed by atoms with Crippen LogP contribution in [-0.4, -0.2) is 17.9 Å². The molecule has 20 heavy (non-hydrogen) atoms. The van der Waals surface area contributed by atoms with E-state index in [1.54, 1.807) is 6.07 Å². The number of carbonyl (C=O) groups excluding carboxylic acids is 3. The van der Waals surface area contributed by atoms with E-state index in [1.807, 2.05) is 0 Å². The lowest BCUT2D eigenvalue weighted by molar-refractivity contribution is -0.186. The Labute approximate surface area is 124 Å². The number of hydrogen-bond acceptors (Lipinski definition) is 6. The number of benzene rings is 1. The van der Waals surface area contributed by atoms with Crippen LogP contribution in [0, 0.1) is 0 Å². The van der Waals surface area contributed by atoms with Crippen LogP contribution < -0.4 is 4.74 Å². The first-order chi connectivity index (χ1) is 9.29. The predicted molar refractivity (Wildman–Crippen MR) is 71.7 cm³/mol. The maximum Gasteiger partial charge on any atom is 0.308 e. The van der Waals surface area contributed by atoms with Gasteiger partial charge in [-0.25, -0.2) is 0 Å². The van der Waals surface area contributed by atoms with Gasteiger partial charge in [-0.15, -0.1) is 0 Å². The Morgan fingerprint density at radius 3 is 2.00 bits per heavy atom. The summed E-state index contributed by atoms with van der Waals surface area (Å²) in [6.45, 7) is 3.60. The largest absolute Gasteiger partial charge is 0.426 e. The highest BCUT2D eigenvalue weighted by atomic mass is 79.9. The third-order valence-corrected chi connectivity index (χ3v) is 2.52. The van der Waals surface area contributed by atoms with Crippen molar-refractivity contribution in [2.75, 3.05) is 0 Å². The zero-order chi connectivity index (χ0) is 15.3. The standard InChI is InChI=1S/C13H13BrO6/c1-7(15)18-12-5-4-10(14)6-11(12)13(19-8(2)16)20-9(3)17/h4-6,13H,1-3H3. The first kappa shape index (κ1) is 16.2. The highest BCUT2D eigenvalue weighted by molar-refractivity contribution is 9.10. The Morgan fingerprint density at radius 1 is 1.00 bits per heavy atom. The lowest BCUT2D eigenvalue weighted by Crippen LogP contribution is -2.16. The van der Waals surface area contributed by atoms with Gasteiger partial charge in [-0.05, 0) is 18.2 Å². The fraction of sp³-hybridized carbons (Fsp3) is 0.308. The lowest BCUT2D eigenvalue weighted by Gasteiger charge is -2.19. The van der Waals surface area contributed by atoms with Gasteiger partial charge in [-0.2, -0.15) is 0 Å². The summed E-state index contributed by atoms with van der Waals surface area (Å²) in [4.78, 5) is 33.3. The third-order valence-electron chi connectivity index (χ3n) is 2.03. The van der Waals surface area contributed by atoms with Crippen molar-refractivity contribution in [1.29, 1.82) is 0 Å².